The first-order valence-electron chi connectivity index (χ1n) is 7.94. The average molecular weight is 352 g/mol. The lowest BCUT2D eigenvalue weighted by Crippen LogP contribution is -2.26. The number of hydrogen-bond donors (Lipinski definition) is 2. The molecule has 0 aliphatic heterocycles. The van der Waals surface area contributed by atoms with E-state index in [1.807, 2.05) is 49.4 Å². The van der Waals surface area contributed by atoms with Crippen LogP contribution in [0.2, 0.25) is 5.02 Å². The lowest BCUT2D eigenvalue weighted by Gasteiger charge is -2.08. The fourth-order valence-electron chi connectivity index (χ4n) is 2.54. The molecule has 0 unspecified atom stereocenters. The maximum Gasteiger partial charge on any atom is 0.259 e. The third kappa shape index (κ3) is 4.37. The van der Waals surface area contributed by atoms with Gasteiger partial charge in [-0.2, -0.15) is 5.10 Å². The summed E-state index contributed by atoms with van der Waals surface area (Å²) in [5.41, 5.74) is 5.18. The Balaban J connectivity index is 1.64. The van der Waals surface area contributed by atoms with Gasteiger partial charge in [0.1, 0.15) is 0 Å². The number of fused-ring (bicyclic) bond motifs is 1. The number of carbonyl (C=O) groups excluding carboxylic acids is 1. The summed E-state index contributed by atoms with van der Waals surface area (Å²) in [6, 6.07) is 21.3. The Kier molecular flexibility index (Phi) is 5.31. The zero-order valence-electron chi connectivity index (χ0n) is 13.8. The van der Waals surface area contributed by atoms with E-state index in [1.165, 1.54) is 0 Å². The Morgan fingerprint density at radius 2 is 1.72 bits per heavy atom. The van der Waals surface area contributed by atoms with Crippen molar-refractivity contribution >= 4 is 39.7 Å². The van der Waals surface area contributed by atoms with Crippen LogP contribution in [0.4, 0.5) is 5.69 Å². The summed E-state index contributed by atoms with van der Waals surface area (Å²) in [6.07, 6.45) is 0. The number of nitrogens with one attached hydrogen (secondary N) is 2. The highest BCUT2D eigenvalue weighted by atomic mass is 35.5. The van der Waals surface area contributed by atoms with E-state index in [1.54, 1.807) is 12.1 Å². The summed E-state index contributed by atoms with van der Waals surface area (Å²) in [7, 11) is 0. The molecule has 3 aromatic carbocycles. The van der Waals surface area contributed by atoms with Gasteiger partial charge in [0.05, 0.1) is 12.3 Å². The van der Waals surface area contributed by atoms with Crippen LogP contribution in [0, 0.1) is 0 Å². The van der Waals surface area contributed by atoms with Crippen LogP contribution in [0.25, 0.3) is 10.8 Å². The summed E-state index contributed by atoms with van der Waals surface area (Å²) < 4.78 is 0. The van der Waals surface area contributed by atoms with E-state index in [9.17, 15) is 4.79 Å². The molecule has 0 saturated heterocycles. The van der Waals surface area contributed by atoms with Gasteiger partial charge in [-0.3, -0.25) is 4.79 Å². The quantitative estimate of drug-likeness (QED) is 0.527. The molecule has 1 amide bonds. The van der Waals surface area contributed by atoms with Crippen LogP contribution in [0.5, 0.6) is 0 Å². The Morgan fingerprint density at radius 3 is 2.52 bits per heavy atom. The van der Waals surface area contributed by atoms with Crippen LogP contribution in [-0.2, 0) is 4.79 Å². The normalized spacial score (nSPS) is 11.4. The molecule has 25 heavy (non-hydrogen) atoms. The number of amides is 1. The summed E-state index contributed by atoms with van der Waals surface area (Å²) in [6.45, 7) is 2.02. The maximum absolute atomic E-state index is 12.0. The molecule has 3 rings (SSSR count). The fraction of sp³-hybridized carbons (Fsp3) is 0.100. The van der Waals surface area contributed by atoms with Crippen molar-refractivity contribution in [2.75, 3.05) is 11.9 Å². The van der Waals surface area contributed by atoms with Crippen LogP contribution in [0.3, 0.4) is 0 Å². The molecule has 0 heterocycles. The van der Waals surface area contributed by atoms with Gasteiger partial charge < -0.3 is 5.32 Å². The van der Waals surface area contributed by atoms with Gasteiger partial charge in [0, 0.05) is 16.3 Å². The standard InChI is InChI=1S/C20H18ClN3O/c1-14(18-8-4-6-15-5-2-3-7-19(15)18)23-24-20(25)13-22-17-11-9-16(21)10-12-17/h2-12,22H,13H2,1H3,(H,24,25)/b23-14-. The summed E-state index contributed by atoms with van der Waals surface area (Å²) >= 11 is 5.83. The van der Waals surface area contributed by atoms with Crippen LogP contribution < -0.4 is 10.7 Å². The Bertz CT molecular complexity index is 914. The smallest absolute Gasteiger partial charge is 0.259 e. The topological polar surface area (TPSA) is 53.5 Å². The van der Waals surface area contributed by atoms with Crippen molar-refractivity contribution < 1.29 is 4.79 Å². The molecule has 0 aromatic heterocycles. The molecule has 126 valence electrons. The third-order valence-electron chi connectivity index (χ3n) is 3.83. The maximum atomic E-state index is 12.0. The second-order valence-corrected chi connectivity index (χ2v) is 6.06. The van der Waals surface area contributed by atoms with Crippen LogP contribution in [-0.4, -0.2) is 18.2 Å². The SMILES string of the molecule is C/C(=N/NC(=O)CNc1ccc(Cl)cc1)c1cccc2ccccc12. The largest absolute Gasteiger partial charge is 0.376 e. The summed E-state index contributed by atoms with van der Waals surface area (Å²) in [5, 5.41) is 10.2. The van der Waals surface area contributed by atoms with E-state index in [0.29, 0.717) is 5.02 Å². The molecule has 0 fully saturated rings. The number of halogens is 1. The predicted octanol–water partition coefficient (Wildman–Crippen LogP) is 4.45. The second-order valence-electron chi connectivity index (χ2n) is 5.62. The van der Waals surface area contributed by atoms with E-state index in [0.717, 1.165) is 27.7 Å². The van der Waals surface area contributed by atoms with Crippen LogP contribution in [0.15, 0.2) is 71.8 Å². The molecule has 2 N–H and O–H groups in total. The van der Waals surface area contributed by atoms with Crippen LogP contribution in [0.1, 0.15) is 12.5 Å². The van der Waals surface area contributed by atoms with Crippen molar-refractivity contribution in [3.8, 4) is 0 Å². The zero-order chi connectivity index (χ0) is 17.6. The molecule has 4 nitrogen and oxygen atoms in total. The lowest BCUT2D eigenvalue weighted by molar-refractivity contribution is -0.119. The molecule has 0 atom stereocenters. The van der Waals surface area contributed by atoms with E-state index in [-0.39, 0.29) is 12.5 Å². The Morgan fingerprint density at radius 1 is 1.00 bits per heavy atom. The Hall–Kier alpha value is -2.85. The molecular formula is C20H18ClN3O. The van der Waals surface area contributed by atoms with Crippen molar-refractivity contribution in [2.45, 2.75) is 6.92 Å². The van der Waals surface area contributed by atoms with E-state index < -0.39 is 0 Å². The third-order valence-corrected chi connectivity index (χ3v) is 4.08. The van der Waals surface area contributed by atoms with Gasteiger partial charge in [-0.15, -0.1) is 0 Å². The molecule has 3 aromatic rings. The van der Waals surface area contributed by atoms with E-state index in [4.69, 9.17) is 11.6 Å². The second kappa shape index (κ2) is 7.81. The van der Waals surface area contributed by atoms with Crippen molar-refractivity contribution in [1.82, 2.24) is 5.43 Å². The highest BCUT2D eigenvalue weighted by molar-refractivity contribution is 6.30. The van der Waals surface area contributed by atoms with Gasteiger partial charge in [-0.25, -0.2) is 5.43 Å². The van der Waals surface area contributed by atoms with Crippen molar-refractivity contribution in [3.63, 3.8) is 0 Å². The highest BCUT2D eigenvalue weighted by Gasteiger charge is 2.05. The number of hydrogen-bond acceptors (Lipinski definition) is 3. The van der Waals surface area contributed by atoms with Crippen LogP contribution >= 0.6 is 11.6 Å². The lowest BCUT2D eigenvalue weighted by atomic mass is 10.0. The Labute approximate surface area is 151 Å². The van der Waals surface area contributed by atoms with Gasteiger partial charge in [0.25, 0.3) is 5.91 Å². The summed E-state index contributed by atoms with van der Waals surface area (Å²) in [4.78, 5) is 12.0. The molecule has 0 aliphatic rings. The number of hydrazone groups is 1. The van der Waals surface area contributed by atoms with E-state index >= 15 is 0 Å². The van der Waals surface area contributed by atoms with Crippen molar-refractivity contribution in [2.24, 2.45) is 5.10 Å². The van der Waals surface area contributed by atoms with Gasteiger partial charge in [-0.1, -0.05) is 54.1 Å². The zero-order valence-corrected chi connectivity index (χ0v) is 14.5. The van der Waals surface area contributed by atoms with Gasteiger partial charge in [-0.05, 0) is 42.0 Å². The molecule has 0 radical (unpaired) electrons. The van der Waals surface area contributed by atoms with Gasteiger partial charge in [0.15, 0.2) is 0 Å². The first-order valence-corrected chi connectivity index (χ1v) is 8.32. The molecule has 0 spiro atoms. The number of benzene rings is 3. The van der Waals surface area contributed by atoms with E-state index in [2.05, 4.69) is 28.0 Å². The summed E-state index contributed by atoms with van der Waals surface area (Å²) in [5.74, 6) is -0.213. The number of anilines is 1. The minimum Gasteiger partial charge on any atom is -0.376 e. The fourth-order valence-corrected chi connectivity index (χ4v) is 2.66. The predicted molar refractivity (Wildman–Crippen MR) is 104 cm³/mol. The molecular weight excluding hydrogens is 334 g/mol. The number of nitrogens with zero attached hydrogens (tertiary/aromatic N) is 1. The minimum atomic E-state index is -0.213. The monoisotopic (exact) mass is 351 g/mol. The number of carbonyl (C=O) groups is 1. The molecule has 5 heteroatoms. The first-order chi connectivity index (χ1) is 12.1. The first kappa shape index (κ1) is 17.0. The molecule has 0 aliphatic carbocycles. The van der Waals surface area contributed by atoms with Gasteiger partial charge in [0.2, 0.25) is 0 Å². The highest BCUT2D eigenvalue weighted by Crippen LogP contribution is 2.19. The molecule has 0 bridgehead atoms. The minimum absolute atomic E-state index is 0.133. The average Bonchev–Trinajstić information content (AvgIpc) is 2.65. The van der Waals surface area contributed by atoms with Crippen molar-refractivity contribution in [3.05, 3.63) is 77.3 Å². The van der Waals surface area contributed by atoms with Gasteiger partial charge >= 0.3 is 0 Å². The molecule has 0 saturated carbocycles. The number of rotatable bonds is 5. The van der Waals surface area contributed by atoms with Crippen molar-refractivity contribution in [1.29, 1.82) is 0 Å².